The number of sulfonamides is 1. The van der Waals surface area contributed by atoms with Gasteiger partial charge in [0.1, 0.15) is 11.1 Å². The maximum atomic E-state index is 15.4. The molecule has 2 fully saturated rings. The Morgan fingerprint density at radius 1 is 1.17 bits per heavy atom. The molecule has 0 unspecified atom stereocenters. The minimum absolute atomic E-state index is 0.0221. The standard InChI is InChI=1S/C26H35FN2O5S/c1-19-7-10-25(20-5-3-2-4-6-20)35(32,33)29(19)17-21-8-9-22(15-24(21)27)26(11-13-34-14-12-26)28-16-23(31)18-30/h2-6,8-9,15,19,23,25,28,30-31H,7,10-14,16-18H2,1H3/t19-,23-,25+/m0/s1. The number of nitrogens with one attached hydrogen (secondary N) is 1. The van der Waals surface area contributed by atoms with Gasteiger partial charge in [-0.3, -0.25) is 0 Å². The van der Waals surface area contributed by atoms with Crippen molar-refractivity contribution in [2.45, 2.75) is 62.1 Å². The van der Waals surface area contributed by atoms with Crippen LogP contribution >= 0.6 is 0 Å². The molecule has 192 valence electrons. The van der Waals surface area contributed by atoms with Gasteiger partial charge in [-0.1, -0.05) is 42.5 Å². The first-order valence-corrected chi connectivity index (χ1v) is 13.7. The normalized spacial score (nSPS) is 25.3. The van der Waals surface area contributed by atoms with E-state index in [-0.39, 0.29) is 25.7 Å². The zero-order valence-corrected chi connectivity index (χ0v) is 20.9. The van der Waals surface area contributed by atoms with Crippen LogP contribution in [-0.2, 0) is 26.8 Å². The largest absolute Gasteiger partial charge is 0.394 e. The van der Waals surface area contributed by atoms with Crippen molar-refractivity contribution in [3.05, 3.63) is 71.0 Å². The molecular formula is C26H35FN2O5S. The number of rotatable bonds is 8. The van der Waals surface area contributed by atoms with E-state index in [1.54, 1.807) is 6.07 Å². The van der Waals surface area contributed by atoms with Crippen molar-refractivity contribution < 1.29 is 27.8 Å². The van der Waals surface area contributed by atoms with Crippen LogP contribution < -0.4 is 5.32 Å². The van der Waals surface area contributed by atoms with Gasteiger partial charge < -0.3 is 20.3 Å². The number of aliphatic hydroxyl groups excluding tert-OH is 2. The highest BCUT2D eigenvalue weighted by atomic mass is 32.2. The number of halogens is 1. The number of ether oxygens (including phenoxy) is 1. The van der Waals surface area contributed by atoms with Gasteiger partial charge in [-0.25, -0.2) is 12.8 Å². The van der Waals surface area contributed by atoms with Crippen molar-refractivity contribution in [3.8, 4) is 0 Å². The van der Waals surface area contributed by atoms with Gasteiger partial charge in [0.15, 0.2) is 0 Å². The predicted molar refractivity (Wildman–Crippen MR) is 132 cm³/mol. The summed E-state index contributed by atoms with van der Waals surface area (Å²) in [6, 6.07) is 14.0. The molecule has 2 aromatic carbocycles. The van der Waals surface area contributed by atoms with Crippen LogP contribution in [0.3, 0.4) is 0 Å². The molecule has 3 atom stereocenters. The highest BCUT2D eigenvalue weighted by molar-refractivity contribution is 7.89. The fourth-order valence-corrected chi connectivity index (χ4v) is 7.35. The van der Waals surface area contributed by atoms with Crippen molar-refractivity contribution >= 4 is 10.0 Å². The molecule has 3 N–H and O–H groups in total. The monoisotopic (exact) mass is 506 g/mol. The summed E-state index contributed by atoms with van der Waals surface area (Å²) in [6.07, 6.45) is 1.53. The molecule has 35 heavy (non-hydrogen) atoms. The lowest BCUT2D eigenvalue weighted by atomic mass is 9.82. The Hall–Kier alpha value is -1.88. The average molecular weight is 507 g/mol. The first-order chi connectivity index (χ1) is 16.8. The summed E-state index contributed by atoms with van der Waals surface area (Å²) in [5.74, 6) is -0.456. The average Bonchev–Trinajstić information content (AvgIpc) is 2.86. The Labute approximate surface area is 207 Å². The molecule has 7 nitrogen and oxygen atoms in total. The zero-order valence-electron chi connectivity index (χ0n) is 20.1. The van der Waals surface area contributed by atoms with Gasteiger partial charge in [0, 0.05) is 43.4 Å². The van der Waals surface area contributed by atoms with E-state index in [2.05, 4.69) is 5.32 Å². The number of aliphatic hydroxyl groups is 2. The van der Waals surface area contributed by atoms with Gasteiger partial charge in [-0.15, -0.1) is 0 Å². The van der Waals surface area contributed by atoms with Gasteiger partial charge >= 0.3 is 0 Å². The summed E-state index contributed by atoms with van der Waals surface area (Å²) >= 11 is 0. The maximum Gasteiger partial charge on any atom is 0.221 e. The van der Waals surface area contributed by atoms with Crippen LogP contribution in [0.15, 0.2) is 48.5 Å². The molecular weight excluding hydrogens is 471 g/mol. The quantitative estimate of drug-likeness (QED) is 0.509. The fourth-order valence-electron chi connectivity index (χ4n) is 5.16. The van der Waals surface area contributed by atoms with Crippen LogP contribution in [-0.4, -0.2) is 61.4 Å². The molecule has 2 aromatic rings. The van der Waals surface area contributed by atoms with Crippen LogP contribution in [0.2, 0.25) is 0 Å². The summed E-state index contributed by atoms with van der Waals surface area (Å²) in [5.41, 5.74) is 1.23. The first-order valence-electron chi connectivity index (χ1n) is 12.2. The number of hydrogen-bond donors (Lipinski definition) is 3. The van der Waals surface area contributed by atoms with Crippen LogP contribution in [0.4, 0.5) is 4.39 Å². The third-order valence-electron chi connectivity index (χ3n) is 7.36. The Morgan fingerprint density at radius 3 is 2.54 bits per heavy atom. The molecule has 2 saturated heterocycles. The van der Waals surface area contributed by atoms with Crippen LogP contribution in [0.5, 0.6) is 0 Å². The molecule has 0 saturated carbocycles. The SMILES string of the molecule is C[C@H]1CC[C@H](c2ccccc2)S(=O)(=O)N1Cc1ccc(C2(NC[C@H](O)CO)CCOCC2)cc1F. The molecule has 2 heterocycles. The molecule has 0 aromatic heterocycles. The van der Waals surface area contributed by atoms with Crippen LogP contribution in [0.25, 0.3) is 0 Å². The highest BCUT2D eigenvalue weighted by Gasteiger charge is 2.41. The summed E-state index contributed by atoms with van der Waals surface area (Å²) in [6.45, 7) is 2.65. The lowest BCUT2D eigenvalue weighted by Crippen LogP contribution is -2.49. The van der Waals surface area contributed by atoms with Gasteiger partial charge in [-0.2, -0.15) is 4.31 Å². The molecule has 4 rings (SSSR count). The smallest absolute Gasteiger partial charge is 0.221 e. The summed E-state index contributed by atoms with van der Waals surface area (Å²) in [5, 5.41) is 21.7. The second-order valence-electron chi connectivity index (χ2n) is 9.63. The molecule has 9 heteroatoms. The van der Waals surface area contributed by atoms with E-state index in [4.69, 9.17) is 4.74 Å². The molecule has 2 aliphatic heterocycles. The summed E-state index contributed by atoms with van der Waals surface area (Å²) < 4.78 is 49.4. The van der Waals surface area contributed by atoms with Gasteiger partial charge in [0.25, 0.3) is 0 Å². The second-order valence-corrected chi connectivity index (χ2v) is 11.7. The molecule has 2 aliphatic rings. The zero-order chi connectivity index (χ0) is 25.1. The molecule has 0 amide bonds. The van der Waals surface area contributed by atoms with E-state index >= 15 is 4.39 Å². The lowest BCUT2D eigenvalue weighted by Gasteiger charge is -2.40. The number of benzene rings is 2. The Balaban J connectivity index is 1.58. The Kier molecular flexibility index (Phi) is 8.25. The van der Waals surface area contributed by atoms with E-state index in [1.165, 1.54) is 10.4 Å². The topological polar surface area (TPSA) is 99.1 Å². The summed E-state index contributed by atoms with van der Waals surface area (Å²) in [7, 11) is -3.66. The van der Waals surface area contributed by atoms with Crippen molar-refractivity contribution in [3.63, 3.8) is 0 Å². The van der Waals surface area contributed by atoms with Gasteiger partial charge in [-0.05, 0) is 49.8 Å². The molecule has 0 spiro atoms. The first kappa shape index (κ1) is 26.2. The van der Waals surface area contributed by atoms with Crippen molar-refractivity contribution in [2.24, 2.45) is 0 Å². The highest BCUT2D eigenvalue weighted by Crippen LogP contribution is 2.39. The number of nitrogens with zero attached hydrogens (tertiary/aromatic N) is 1. The fraction of sp³-hybridized carbons (Fsp3) is 0.538. The minimum Gasteiger partial charge on any atom is -0.394 e. The molecule has 0 aliphatic carbocycles. The van der Waals surface area contributed by atoms with Crippen LogP contribution in [0.1, 0.15) is 54.5 Å². The van der Waals surface area contributed by atoms with Gasteiger partial charge in [0.2, 0.25) is 10.0 Å². The maximum absolute atomic E-state index is 15.4. The Bertz CT molecular complexity index is 1090. The van der Waals surface area contributed by atoms with E-state index in [9.17, 15) is 18.6 Å². The third kappa shape index (κ3) is 5.60. The van der Waals surface area contributed by atoms with Crippen molar-refractivity contribution in [1.82, 2.24) is 9.62 Å². The lowest BCUT2D eigenvalue weighted by molar-refractivity contribution is 0.0242. The third-order valence-corrected chi connectivity index (χ3v) is 9.73. The van der Waals surface area contributed by atoms with E-state index in [0.29, 0.717) is 44.5 Å². The van der Waals surface area contributed by atoms with Crippen LogP contribution in [0, 0.1) is 5.82 Å². The minimum atomic E-state index is -3.66. The predicted octanol–water partition coefficient (Wildman–Crippen LogP) is 2.83. The molecule has 0 radical (unpaired) electrons. The Morgan fingerprint density at radius 2 is 1.89 bits per heavy atom. The van der Waals surface area contributed by atoms with E-state index < -0.39 is 32.7 Å². The molecule has 0 bridgehead atoms. The van der Waals surface area contributed by atoms with E-state index in [0.717, 1.165) is 11.1 Å². The van der Waals surface area contributed by atoms with Crippen molar-refractivity contribution in [2.75, 3.05) is 26.4 Å². The van der Waals surface area contributed by atoms with Crippen molar-refractivity contribution in [1.29, 1.82) is 0 Å². The summed E-state index contributed by atoms with van der Waals surface area (Å²) in [4.78, 5) is 0. The van der Waals surface area contributed by atoms with Gasteiger partial charge in [0.05, 0.1) is 12.7 Å². The second kappa shape index (κ2) is 11.0. The van der Waals surface area contributed by atoms with E-state index in [1.807, 2.05) is 43.3 Å². The number of hydrogen-bond acceptors (Lipinski definition) is 6.